The molecule has 0 atom stereocenters. The van der Waals surface area contributed by atoms with Crippen LogP contribution in [-0.4, -0.2) is 52.4 Å². The second-order valence-electron chi connectivity index (χ2n) is 6.34. The number of fused-ring (bicyclic) bond motifs is 1. The fourth-order valence-electron chi connectivity index (χ4n) is 3.25. The molecular weight excluding hydrogens is 350 g/mol. The topological polar surface area (TPSA) is 69.7 Å². The molecule has 1 fully saturated rings. The summed E-state index contributed by atoms with van der Waals surface area (Å²) in [4.78, 5) is 14.8. The summed E-state index contributed by atoms with van der Waals surface area (Å²) in [6, 6.07) is 5.12. The Hall–Kier alpha value is -1.15. The molecule has 8 heteroatoms. The quantitative estimate of drug-likeness (QED) is 0.865. The Morgan fingerprint density at radius 3 is 2.54 bits per heavy atom. The first-order chi connectivity index (χ1) is 10.9. The molecule has 0 bridgehead atoms. The minimum absolute atomic E-state index is 0. The van der Waals surface area contributed by atoms with Gasteiger partial charge in [0.1, 0.15) is 0 Å². The van der Waals surface area contributed by atoms with Crippen LogP contribution in [0, 0.1) is 5.92 Å². The largest absolute Gasteiger partial charge is 0.317 e. The molecule has 0 unspecified atom stereocenters. The fraction of sp³-hybridized carbons (Fsp3) is 0.562. The molecule has 1 saturated heterocycles. The summed E-state index contributed by atoms with van der Waals surface area (Å²) >= 11 is 0. The second kappa shape index (κ2) is 7.39. The molecular formula is C16H24ClN3O3S. The molecule has 134 valence electrons. The van der Waals surface area contributed by atoms with Crippen molar-refractivity contribution in [1.82, 2.24) is 9.62 Å². The lowest BCUT2D eigenvalue weighted by Crippen LogP contribution is -2.40. The van der Waals surface area contributed by atoms with E-state index in [0.717, 1.165) is 43.6 Å². The predicted molar refractivity (Wildman–Crippen MR) is 96.2 cm³/mol. The minimum atomic E-state index is -3.49. The van der Waals surface area contributed by atoms with Gasteiger partial charge in [-0.15, -0.1) is 12.4 Å². The predicted octanol–water partition coefficient (Wildman–Crippen LogP) is 1.25. The third-order valence-electron chi connectivity index (χ3n) is 4.69. The minimum Gasteiger partial charge on any atom is -0.317 e. The Morgan fingerprint density at radius 2 is 1.92 bits per heavy atom. The summed E-state index contributed by atoms with van der Waals surface area (Å²) in [7, 11) is -0.458. The van der Waals surface area contributed by atoms with E-state index in [0.29, 0.717) is 6.54 Å². The fourth-order valence-corrected chi connectivity index (χ4v) is 4.17. The number of nitrogens with zero attached hydrogens (tertiary/aromatic N) is 2. The van der Waals surface area contributed by atoms with Crippen LogP contribution < -0.4 is 10.2 Å². The number of anilines is 1. The Morgan fingerprint density at radius 1 is 1.25 bits per heavy atom. The summed E-state index contributed by atoms with van der Waals surface area (Å²) < 4.78 is 25.8. The van der Waals surface area contributed by atoms with Crippen LogP contribution in [0.1, 0.15) is 18.4 Å². The first-order valence-electron chi connectivity index (χ1n) is 7.99. The molecule has 1 aromatic rings. The van der Waals surface area contributed by atoms with Gasteiger partial charge in [-0.3, -0.25) is 4.79 Å². The number of rotatable bonds is 3. The maximum atomic E-state index is 12.8. The molecule has 0 radical (unpaired) electrons. The number of sulfonamides is 1. The van der Waals surface area contributed by atoms with E-state index in [2.05, 4.69) is 5.32 Å². The molecule has 6 nitrogen and oxygen atoms in total. The maximum Gasteiger partial charge on any atom is 0.242 e. The van der Waals surface area contributed by atoms with Crippen molar-refractivity contribution in [1.29, 1.82) is 0 Å². The van der Waals surface area contributed by atoms with Gasteiger partial charge in [-0.1, -0.05) is 6.07 Å². The third kappa shape index (κ3) is 3.44. The summed E-state index contributed by atoms with van der Waals surface area (Å²) in [5.41, 5.74) is 1.81. The van der Waals surface area contributed by atoms with Gasteiger partial charge in [-0.25, -0.2) is 12.7 Å². The van der Waals surface area contributed by atoms with Crippen LogP contribution >= 0.6 is 12.4 Å². The van der Waals surface area contributed by atoms with Crippen molar-refractivity contribution < 1.29 is 13.2 Å². The van der Waals surface area contributed by atoms with Crippen LogP contribution in [-0.2, 0) is 21.2 Å². The van der Waals surface area contributed by atoms with Gasteiger partial charge >= 0.3 is 0 Å². The zero-order valence-electron chi connectivity index (χ0n) is 14.0. The summed E-state index contributed by atoms with van der Waals surface area (Å²) in [5.74, 6) is 0.168. The number of hydrogen-bond donors (Lipinski definition) is 1. The van der Waals surface area contributed by atoms with E-state index in [4.69, 9.17) is 0 Å². The van der Waals surface area contributed by atoms with E-state index in [1.54, 1.807) is 17.0 Å². The maximum absolute atomic E-state index is 12.8. The average molecular weight is 374 g/mol. The Bertz CT molecular complexity index is 715. The smallest absolute Gasteiger partial charge is 0.242 e. The van der Waals surface area contributed by atoms with Crippen LogP contribution in [0.2, 0.25) is 0 Å². The highest BCUT2D eigenvalue weighted by molar-refractivity contribution is 7.89. The highest BCUT2D eigenvalue weighted by atomic mass is 35.5. The van der Waals surface area contributed by atoms with E-state index >= 15 is 0 Å². The van der Waals surface area contributed by atoms with Gasteiger partial charge < -0.3 is 10.2 Å². The summed E-state index contributed by atoms with van der Waals surface area (Å²) in [6.07, 6.45) is 2.48. The number of benzene rings is 1. The van der Waals surface area contributed by atoms with Gasteiger partial charge in [-0.05, 0) is 50.0 Å². The van der Waals surface area contributed by atoms with Crippen molar-refractivity contribution in [3.63, 3.8) is 0 Å². The highest BCUT2D eigenvalue weighted by Gasteiger charge is 2.32. The molecule has 1 amide bonds. The number of halogens is 1. The van der Waals surface area contributed by atoms with Crippen molar-refractivity contribution in [2.75, 3.05) is 38.6 Å². The zero-order valence-corrected chi connectivity index (χ0v) is 15.6. The standard InChI is InChI=1S/C16H23N3O3S.ClH/c1-18(2)23(21,22)14-4-3-12-7-10-19(15(12)11-14)16(20)13-5-8-17-9-6-13;/h3-4,11,13,17H,5-10H2,1-2H3;1H. The molecule has 2 aliphatic heterocycles. The summed E-state index contributed by atoms with van der Waals surface area (Å²) in [6.45, 7) is 2.38. The summed E-state index contributed by atoms with van der Waals surface area (Å²) in [5, 5.41) is 3.27. The van der Waals surface area contributed by atoms with Crippen molar-refractivity contribution in [2.24, 2.45) is 5.92 Å². The van der Waals surface area contributed by atoms with Crippen molar-refractivity contribution in [2.45, 2.75) is 24.2 Å². The molecule has 0 saturated carbocycles. The van der Waals surface area contributed by atoms with Crippen molar-refractivity contribution in [3.05, 3.63) is 23.8 Å². The second-order valence-corrected chi connectivity index (χ2v) is 8.49. The molecule has 0 aliphatic carbocycles. The number of carbonyl (C=O) groups excluding carboxylic acids is 1. The van der Waals surface area contributed by atoms with E-state index in [-0.39, 0.29) is 29.1 Å². The molecule has 0 spiro atoms. The van der Waals surface area contributed by atoms with Crippen LogP contribution in [0.5, 0.6) is 0 Å². The van der Waals surface area contributed by atoms with E-state index in [1.807, 2.05) is 6.07 Å². The number of amides is 1. The molecule has 1 aromatic carbocycles. The molecule has 2 heterocycles. The molecule has 2 aliphatic rings. The molecule has 3 rings (SSSR count). The van der Waals surface area contributed by atoms with Crippen LogP contribution in [0.25, 0.3) is 0 Å². The van der Waals surface area contributed by atoms with Crippen molar-refractivity contribution >= 4 is 34.0 Å². The average Bonchev–Trinajstić information content (AvgIpc) is 2.97. The zero-order chi connectivity index (χ0) is 16.6. The van der Waals surface area contributed by atoms with Crippen LogP contribution in [0.15, 0.2) is 23.1 Å². The van der Waals surface area contributed by atoms with Gasteiger partial charge in [0, 0.05) is 32.2 Å². The monoisotopic (exact) mass is 373 g/mol. The first kappa shape index (κ1) is 19.2. The van der Waals surface area contributed by atoms with Gasteiger partial charge in [0.15, 0.2) is 0 Å². The molecule has 24 heavy (non-hydrogen) atoms. The lowest BCUT2D eigenvalue weighted by atomic mass is 9.96. The SMILES string of the molecule is CN(C)S(=O)(=O)c1ccc2c(c1)N(C(=O)C1CCNCC1)CC2.Cl. The Balaban J connectivity index is 0.00000208. The van der Waals surface area contributed by atoms with E-state index in [1.165, 1.54) is 18.4 Å². The van der Waals surface area contributed by atoms with Crippen LogP contribution in [0.3, 0.4) is 0 Å². The highest BCUT2D eigenvalue weighted by Crippen LogP contribution is 2.33. The van der Waals surface area contributed by atoms with E-state index < -0.39 is 10.0 Å². The lowest BCUT2D eigenvalue weighted by Gasteiger charge is -2.27. The number of carbonyl (C=O) groups is 1. The Kier molecular flexibility index (Phi) is 5.91. The van der Waals surface area contributed by atoms with Gasteiger partial charge in [0.25, 0.3) is 0 Å². The first-order valence-corrected chi connectivity index (χ1v) is 9.43. The number of nitrogens with one attached hydrogen (secondary N) is 1. The number of hydrogen-bond acceptors (Lipinski definition) is 4. The van der Waals surface area contributed by atoms with Gasteiger partial charge in [0.05, 0.1) is 4.90 Å². The Labute approximate surface area is 149 Å². The molecule has 0 aromatic heterocycles. The van der Waals surface area contributed by atoms with E-state index in [9.17, 15) is 13.2 Å². The van der Waals surface area contributed by atoms with Crippen LogP contribution in [0.4, 0.5) is 5.69 Å². The van der Waals surface area contributed by atoms with Gasteiger partial charge in [0.2, 0.25) is 15.9 Å². The van der Waals surface area contributed by atoms with Crippen molar-refractivity contribution in [3.8, 4) is 0 Å². The third-order valence-corrected chi connectivity index (χ3v) is 6.50. The lowest BCUT2D eigenvalue weighted by molar-refractivity contribution is -0.123. The van der Waals surface area contributed by atoms with Gasteiger partial charge in [-0.2, -0.15) is 0 Å². The number of piperidine rings is 1. The normalized spacial score (nSPS) is 18.4. The molecule has 1 N–H and O–H groups in total.